The second-order valence-corrected chi connectivity index (χ2v) is 6.91. The number of carbonyl (C=O) groups is 1. The predicted octanol–water partition coefficient (Wildman–Crippen LogP) is 2.68. The average molecular weight is 391 g/mol. The van der Waals surface area contributed by atoms with E-state index in [2.05, 4.69) is 20.9 Å². The molecule has 0 saturated carbocycles. The lowest BCUT2D eigenvalue weighted by atomic mass is 10.2. The van der Waals surface area contributed by atoms with E-state index in [4.69, 9.17) is 9.47 Å². The molecule has 1 fully saturated rings. The minimum absolute atomic E-state index is 0.0480. The summed E-state index contributed by atoms with van der Waals surface area (Å²) in [5, 5.41) is 9.51. The fraction of sp³-hybridized carbons (Fsp3) is 0.619. The molecule has 0 spiro atoms. The number of carbonyl (C=O) groups excluding carboxylic acids is 1. The lowest BCUT2D eigenvalue weighted by molar-refractivity contribution is -0.116. The number of amides is 1. The fourth-order valence-corrected chi connectivity index (χ4v) is 2.99. The number of benzene rings is 1. The van der Waals surface area contributed by atoms with E-state index in [1.54, 1.807) is 7.05 Å². The van der Waals surface area contributed by atoms with Gasteiger partial charge in [0.25, 0.3) is 0 Å². The van der Waals surface area contributed by atoms with Gasteiger partial charge in [-0.3, -0.25) is 9.79 Å². The molecule has 1 atom stereocenters. The first-order chi connectivity index (χ1) is 13.7. The van der Waals surface area contributed by atoms with Crippen molar-refractivity contribution in [3.8, 4) is 0 Å². The van der Waals surface area contributed by atoms with Crippen LogP contribution < -0.4 is 16.0 Å². The summed E-state index contributed by atoms with van der Waals surface area (Å²) < 4.78 is 11.2. The van der Waals surface area contributed by atoms with Crippen molar-refractivity contribution in [1.29, 1.82) is 0 Å². The summed E-state index contributed by atoms with van der Waals surface area (Å²) in [6.07, 6.45) is 4.83. The third-order valence-electron chi connectivity index (χ3n) is 4.46. The molecular formula is C21H34N4O3. The first-order valence-corrected chi connectivity index (χ1v) is 10.2. The van der Waals surface area contributed by atoms with Crippen LogP contribution in [0.25, 0.3) is 0 Å². The number of ether oxygens (including phenoxy) is 2. The van der Waals surface area contributed by atoms with Crippen molar-refractivity contribution < 1.29 is 14.3 Å². The molecule has 1 saturated heterocycles. The second kappa shape index (κ2) is 13.1. The van der Waals surface area contributed by atoms with Crippen LogP contribution in [0.4, 0.5) is 5.69 Å². The SMILES string of the molecule is CCCC(=O)Nc1cccc(CNC(=NC)NCCCOCC2CCCO2)c1. The minimum atomic E-state index is 0.0480. The maximum absolute atomic E-state index is 11.7. The number of nitrogens with one attached hydrogen (secondary N) is 3. The molecule has 1 heterocycles. The highest BCUT2D eigenvalue weighted by Crippen LogP contribution is 2.12. The van der Waals surface area contributed by atoms with Crippen molar-refractivity contribution in [3.63, 3.8) is 0 Å². The molecule has 2 rings (SSSR count). The molecule has 1 aromatic carbocycles. The highest BCUT2D eigenvalue weighted by Gasteiger charge is 2.14. The Balaban J connectivity index is 1.62. The van der Waals surface area contributed by atoms with E-state index in [-0.39, 0.29) is 12.0 Å². The summed E-state index contributed by atoms with van der Waals surface area (Å²) in [6, 6.07) is 7.85. The van der Waals surface area contributed by atoms with Crippen molar-refractivity contribution in [1.82, 2.24) is 10.6 Å². The van der Waals surface area contributed by atoms with Crippen molar-refractivity contribution in [2.45, 2.75) is 51.7 Å². The zero-order valence-electron chi connectivity index (χ0n) is 17.1. The smallest absolute Gasteiger partial charge is 0.224 e. The van der Waals surface area contributed by atoms with Gasteiger partial charge in [0.15, 0.2) is 5.96 Å². The van der Waals surface area contributed by atoms with E-state index in [0.717, 1.165) is 56.0 Å². The van der Waals surface area contributed by atoms with Crippen molar-refractivity contribution in [2.24, 2.45) is 4.99 Å². The van der Waals surface area contributed by atoms with Gasteiger partial charge in [-0.05, 0) is 43.4 Å². The van der Waals surface area contributed by atoms with Gasteiger partial charge in [-0.15, -0.1) is 0 Å². The van der Waals surface area contributed by atoms with Crippen molar-refractivity contribution in [2.75, 3.05) is 38.7 Å². The number of hydrogen-bond acceptors (Lipinski definition) is 4. The third kappa shape index (κ3) is 8.71. The monoisotopic (exact) mass is 390 g/mol. The number of hydrogen-bond donors (Lipinski definition) is 3. The summed E-state index contributed by atoms with van der Waals surface area (Å²) in [5.74, 6) is 0.798. The molecule has 0 radical (unpaired) electrons. The van der Waals surface area contributed by atoms with Gasteiger partial charge in [0.1, 0.15) is 0 Å². The number of guanidine groups is 1. The number of aliphatic imine (C=N–C) groups is 1. The van der Waals surface area contributed by atoms with E-state index < -0.39 is 0 Å². The van der Waals surface area contributed by atoms with Gasteiger partial charge in [0, 0.05) is 45.5 Å². The van der Waals surface area contributed by atoms with Crippen LogP contribution in [0.2, 0.25) is 0 Å². The van der Waals surface area contributed by atoms with E-state index in [1.807, 2.05) is 31.2 Å². The highest BCUT2D eigenvalue weighted by atomic mass is 16.5. The molecule has 156 valence electrons. The van der Waals surface area contributed by atoms with Crippen LogP contribution in [0.3, 0.4) is 0 Å². The lowest BCUT2D eigenvalue weighted by Gasteiger charge is -2.13. The van der Waals surface area contributed by atoms with Crippen LogP contribution in [-0.2, 0) is 20.8 Å². The third-order valence-corrected chi connectivity index (χ3v) is 4.46. The van der Waals surface area contributed by atoms with Crippen LogP contribution >= 0.6 is 0 Å². The molecule has 0 aliphatic carbocycles. The molecular weight excluding hydrogens is 356 g/mol. The molecule has 1 aromatic rings. The fourth-order valence-electron chi connectivity index (χ4n) is 2.99. The van der Waals surface area contributed by atoms with Crippen LogP contribution in [0, 0.1) is 0 Å². The Morgan fingerprint density at radius 1 is 1.36 bits per heavy atom. The Kier molecular flexibility index (Phi) is 10.4. The summed E-state index contributed by atoms with van der Waals surface area (Å²) >= 11 is 0. The van der Waals surface area contributed by atoms with Gasteiger partial charge in [-0.2, -0.15) is 0 Å². The van der Waals surface area contributed by atoms with E-state index >= 15 is 0 Å². The molecule has 0 aromatic heterocycles. The van der Waals surface area contributed by atoms with E-state index in [1.165, 1.54) is 0 Å². The topological polar surface area (TPSA) is 84.0 Å². The first-order valence-electron chi connectivity index (χ1n) is 10.2. The molecule has 3 N–H and O–H groups in total. The zero-order valence-corrected chi connectivity index (χ0v) is 17.1. The van der Waals surface area contributed by atoms with Gasteiger partial charge >= 0.3 is 0 Å². The summed E-state index contributed by atoms with van der Waals surface area (Å²) in [4.78, 5) is 16.0. The van der Waals surface area contributed by atoms with Crippen LogP contribution in [0.5, 0.6) is 0 Å². The molecule has 7 nitrogen and oxygen atoms in total. The van der Waals surface area contributed by atoms with Gasteiger partial charge in [0.2, 0.25) is 5.91 Å². The Bertz CT molecular complexity index is 615. The largest absolute Gasteiger partial charge is 0.379 e. The van der Waals surface area contributed by atoms with Gasteiger partial charge in [0.05, 0.1) is 12.7 Å². The average Bonchev–Trinajstić information content (AvgIpc) is 3.21. The van der Waals surface area contributed by atoms with Crippen LogP contribution in [-0.4, -0.2) is 51.4 Å². The Labute approximate surface area is 168 Å². The Morgan fingerprint density at radius 3 is 3.00 bits per heavy atom. The van der Waals surface area contributed by atoms with E-state index in [0.29, 0.717) is 26.2 Å². The summed E-state index contributed by atoms with van der Waals surface area (Å²) in [5.41, 5.74) is 1.90. The standard InChI is InChI=1S/C21H34N4O3/c1-3-7-20(26)25-18-9-4-8-17(14-18)15-24-21(22-2)23-11-6-12-27-16-19-10-5-13-28-19/h4,8-9,14,19H,3,5-7,10-13,15-16H2,1-2H3,(H,25,26)(H2,22,23,24). The highest BCUT2D eigenvalue weighted by molar-refractivity contribution is 5.90. The van der Waals surface area contributed by atoms with Crippen LogP contribution in [0.1, 0.15) is 44.6 Å². The minimum Gasteiger partial charge on any atom is -0.379 e. The zero-order chi connectivity index (χ0) is 20.0. The quantitative estimate of drug-likeness (QED) is 0.307. The lowest BCUT2D eigenvalue weighted by Crippen LogP contribution is -2.37. The van der Waals surface area contributed by atoms with Crippen LogP contribution in [0.15, 0.2) is 29.3 Å². The maximum Gasteiger partial charge on any atom is 0.224 e. The molecule has 0 bridgehead atoms. The number of rotatable bonds is 11. The molecule has 1 aliphatic rings. The predicted molar refractivity (Wildman–Crippen MR) is 113 cm³/mol. The van der Waals surface area contributed by atoms with Crippen molar-refractivity contribution in [3.05, 3.63) is 29.8 Å². The first kappa shape index (κ1) is 22.2. The van der Waals surface area contributed by atoms with Crippen molar-refractivity contribution >= 4 is 17.6 Å². The molecule has 1 unspecified atom stereocenters. The summed E-state index contributed by atoms with van der Waals surface area (Å²) in [6.45, 7) is 5.69. The number of nitrogens with zero attached hydrogens (tertiary/aromatic N) is 1. The van der Waals surface area contributed by atoms with Gasteiger partial charge < -0.3 is 25.4 Å². The molecule has 1 amide bonds. The number of anilines is 1. The Morgan fingerprint density at radius 2 is 2.25 bits per heavy atom. The summed E-state index contributed by atoms with van der Waals surface area (Å²) in [7, 11) is 1.75. The second-order valence-electron chi connectivity index (χ2n) is 6.91. The maximum atomic E-state index is 11.7. The van der Waals surface area contributed by atoms with Gasteiger partial charge in [-0.25, -0.2) is 0 Å². The molecule has 7 heteroatoms. The van der Waals surface area contributed by atoms with E-state index in [9.17, 15) is 4.79 Å². The molecule has 1 aliphatic heterocycles. The molecule has 28 heavy (non-hydrogen) atoms. The normalized spacial score (nSPS) is 16.8. The Hall–Kier alpha value is -2.12. The van der Waals surface area contributed by atoms with Gasteiger partial charge in [-0.1, -0.05) is 19.1 Å².